The Morgan fingerprint density at radius 1 is 1.19 bits per heavy atom. The van der Waals surface area contributed by atoms with Crippen LogP contribution in [0.25, 0.3) is 0 Å². The van der Waals surface area contributed by atoms with Crippen LogP contribution >= 0.6 is 0 Å². The zero-order valence-corrected chi connectivity index (χ0v) is 16.5. The highest BCUT2D eigenvalue weighted by molar-refractivity contribution is 5.67. The molecular formula is C22H31N2O3-. The van der Waals surface area contributed by atoms with Gasteiger partial charge in [-0.2, -0.15) is 0 Å². The first-order valence-electron chi connectivity index (χ1n) is 10.6. The summed E-state index contributed by atoms with van der Waals surface area (Å²) in [6.45, 7) is 3.76. The monoisotopic (exact) mass is 371 g/mol. The molecular weight excluding hydrogens is 340 g/mol. The van der Waals surface area contributed by atoms with Crippen LogP contribution in [0, 0.1) is 17.8 Å². The molecule has 6 aliphatic rings. The Labute approximate surface area is 161 Å². The van der Waals surface area contributed by atoms with Gasteiger partial charge in [0.25, 0.3) is 0 Å². The van der Waals surface area contributed by atoms with Crippen LogP contribution in [-0.2, 0) is 5.41 Å². The molecule has 0 aromatic heterocycles. The van der Waals surface area contributed by atoms with Gasteiger partial charge < -0.3 is 20.2 Å². The van der Waals surface area contributed by atoms with Crippen LogP contribution in [0.3, 0.4) is 0 Å². The van der Waals surface area contributed by atoms with Crippen LogP contribution in [-0.4, -0.2) is 59.2 Å². The van der Waals surface area contributed by atoms with E-state index in [1.165, 1.54) is 11.3 Å². The highest BCUT2D eigenvalue weighted by Gasteiger charge is 2.76. The molecule has 4 saturated heterocycles. The summed E-state index contributed by atoms with van der Waals surface area (Å²) in [5.41, 5.74) is 2.51. The second-order valence-corrected chi connectivity index (χ2v) is 9.10. The topological polar surface area (TPSA) is 70.0 Å². The summed E-state index contributed by atoms with van der Waals surface area (Å²) in [6, 6.07) is 9.70. The Morgan fingerprint density at radius 2 is 1.89 bits per heavy atom. The van der Waals surface area contributed by atoms with Crippen LogP contribution in [0.15, 0.2) is 24.3 Å². The third kappa shape index (κ3) is 1.89. The molecule has 5 fully saturated rings. The predicted octanol–water partition coefficient (Wildman–Crippen LogP) is 0.921. The molecule has 2 N–H and O–H groups in total. The van der Waals surface area contributed by atoms with Crippen molar-refractivity contribution in [2.24, 2.45) is 17.8 Å². The summed E-state index contributed by atoms with van der Waals surface area (Å²) < 4.78 is 0. The third-order valence-electron chi connectivity index (χ3n) is 8.46. The normalized spacial score (nSPS) is 50.3. The summed E-state index contributed by atoms with van der Waals surface area (Å²) in [5.74, 6) is 1.14. The Morgan fingerprint density at radius 3 is 2.59 bits per heavy atom. The molecule has 5 bridgehead atoms. The first kappa shape index (κ1) is 17.9. The van der Waals surface area contributed by atoms with Gasteiger partial charge in [0.05, 0.1) is 12.1 Å². The lowest BCUT2D eigenvalue weighted by Gasteiger charge is -2.62. The lowest BCUT2D eigenvalue weighted by atomic mass is 9.62. The van der Waals surface area contributed by atoms with Gasteiger partial charge in [0.15, 0.2) is 0 Å². The Balaban J connectivity index is 0.000000504. The van der Waals surface area contributed by atoms with Crippen molar-refractivity contribution in [1.82, 2.24) is 4.90 Å². The SMILES string of the molecule is CC[C@@H]1[C@@H](O)N2[C@H]3C[C@@]45c6ccccc6N(C)[C@H]4[C@@H]2C[C@H]1C3[C@H]5O.CC[O-]. The fraction of sp³-hybridized carbons (Fsp3) is 0.727. The van der Waals surface area contributed by atoms with E-state index in [1.54, 1.807) is 6.92 Å². The lowest BCUT2D eigenvalue weighted by molar-refractivity contribution is -0.361. The minimum Gasteiger partial charge on any atom is -0.855 e. The molecule has 1 spiro atoms. The smallest absolute Gasteiger partial charge is 0.111 e. The van der Waals surface area contributed by atoms with Crippen molar-refractivity contribution in [3.63, 3.8) is 0 Å². The van der Waals surface area contributed by atoms with E-state index in [-0.39, 0.29) is 24.4 Å². The van der Waals surface area contributed by atoms with E-state index in [4.69, 9.17) is 5.11 Å². The largest absolute Gasteiger partial charge is 0.855 e. The van der Waals surface area contributed by atoms with Crippen molar-refractivity contribution < 1.29 is 15.3 Å². The van der Waals surface area contributed by atoms with Gasteiger partial charge in [-0.1, -0.05) is 32.0 Å². The van der Waals surface area contributed by atoms with E-state index < -0.39 is 0 Å². The van der Waals surface area contributed by atoms with Gasteiger partial charge >= 0.3 is 0 Å². The Kier molecular flexibility index (Phi) is 3.94. The first-order chi connectivity index (χ1) is 13.0. The number of aliphatic hydroxyl groups is 2. The van der Waals surface area contributed by atoms with Gasteiger partial charge in [-0.25, -0.2) is 0 Å². The van der Waals surface area contributed by atoms with E-state index in [0.717, 1.165) is 19.3 Å². The Hall–Kier alpha value is -1.14. The predicted molar refractivity (Wildman–Crippen MR) is 102 cm³/mol. The standard InChI is InChI=1S/C20H26N2O2.C2H5O/c1-3-10-11-8-14-17-20(12-6-4-5-7-13(12)21(17)2)9-15(16(11)18(20)23)22(14)19(10)24;1-2-3/h4-7,10-11,14-19,23-24H,3,8-9H2,1-2H3;2H2,1H3/q;-1/t10-,11+,14-,15-,16?,17-,18+,19+,20+;/m0./s1. The van der Waals surface area contributed by atoms with Gasteiger partial charge in [-0.15, -0.1) is 6.61 Å². The van der Waals surface area contributed by atoms with Crippen molar-refractivity contribution in [3.8, 4) is 0 Å². The number of benzene rings is 1. The van der Waals surface area contributed by atoms with E-state index in [0.29, 0.717) is 35.9 Å². The molecule has 7 rings (SSSR count). The molecule has 5 nitrogen and oxygen atoms in total. The molecule has 1 aromatic rings. The molecule has 1 aromatic carbocycles. The number of anilines is 1. The molecule has 10 atom stereocenters. The van der Waals surface area contributed by atoms with Crippen LogP contribution in [0.4, 0.5) is 5.69 Å². The number of nitrogens with zero attached hydrogens (tertiary/aromatic N) is 2. The Bertz CT molecular complexity index is 742. The second kappa shape index (κ2) is 5.93. The van der Waals surface area contributed by atoms with E-state index in [2.05, 4.69) is 48.0 Å². The number of fused-ring (bicyclic) bond motifs is 2. The molecule has 2 unspecified atom stereocenters. The third-order valence-corrected chi connectivity index (χ3v) is 8.46. The maximum absolute atomic E-state index is 11.6. The van der Waals surface area contributed by atoms with Crippen molar-refractivity contribution in [2.45, 2.75) is 69.0 Å². The summed E-state index contributed by atoms with van der Waals surface area (Å²) in [7, 11) is 2.19. The number of rotatable bonds is 1. The number of piperidine rings is 4. The van der Waals surface area contributed by atoms with Crippen molar-refractivity contribution >= 4 is 5.69 Å². The van der Waals surface area contributed by atoms with E-state index in [1.807, 2.05) is 0 Å². The number of hydrogen-bond donors (Lipinski definition) is 2. The second-order valence-electron chi connectivity index (χ2n) is 9.10. The van der Waals surface area contributed by atoms with Gasteiger partial charge in [0.1, 0.15) is 6.23 Å². The van der Waals surface area contributed by atoms with Crippen molar-refractivity contribution in [2.75, 3.05) is 18.6 Å². The lowest BCUT2D eigenvalue weighted by Crippen LogP contribution is -2.72. The van der Waals surface area contributed by atoms with Gasteiger partial charge in [-0.05, 0) is 36.8 Å². The van der Waals surface area contributed by atoms with E-state index in [9.17, 15) is 10.2 Å². The summed E-state index contributed by atoms with van der Waals surface area (Å²) in [6.07, 6.45) is 2.56. The first-order valence-corrected chi connectivity index (χ1v) is 10.6. The number of likely N-dealkylation sites (N-methyl/N-ethyl adjacent to an activating group) is 1. The average molecular weight is 372 g/mol. The maximum Gasteiger partial charge on any atom is 0.111 e. The highest BCUT2D eigenvalue weighted by atomic mass is 16.3. The summed E-state index contributed by atoms with van der Waals surface area (Å²) >= 11 is 0. The van der Waals surface area contributed by atoms with Crippen LogP contribution in [0.2, 0.25) is 0 Å². The number of aliphatic hydroxyl groups excluding tert-OH is 2. The molecule has 5 heteroatoms. The molecule has 5 aliphatic heterocycles. The number of hydrogen-bond acceptors (Lipinski definition) is 5. The zero-order valence-electron chi connectivity index (χ0n) is 16.5. The fourth-order valence-corrected chi connectivity index (χ4v) is 7.88. The van der Waals surface area contributed by atoms with Crippen LogP contribution in [0.1, 0.15) is 38.7 Å². The fourth-order valence-electron chi connectivity index (χ4n) is 7.88. The quantitative estimate of drug-likeness (QED) is 0.768. The van der Waals surface area contributed by atoms with Crippen LogP contribution in [0.5, 0.6) is 0 Å². The molecule has 1 aliphatic carbocycles. The van der Waals surface area contributed by atoms with Gasteiger partial charge in [-0.3, -0.25) is 4.90 Å². The van der Waals surface area contributed by atoms with E-state index >= 15 is 0 Å². The van der Waals surface area contributed by atoms with Crippen molar-refractivity contribution in [1.29, 1.82) is 0 Å². The molecule has 1 saturated carbocycles. The molecule has 5 heterocycles. The maximum atomic E-state index is 11.6. The highest BCUT2D eigenvalue weighted by Crippen LogP contribution is 2.68. The molecule has 0 amide bonds. The van der Waals surface area contributed by atoms with Crippen LogP contribution < -0.4 is 10.0 Å². The zero-order chi connectivity index (χ0) is 19.1. The average Bonchev–Trinajstić information content (AvgIpc) is 3.05. The van der Waals surface area contributed by atoms with Gasteiger partial charge in [0, 0.05) is 42.1 Å². The molecule has 27 heavy (non-hydrogen) atoms. The minimum absolute atomic E-state index is 0. The number of para-hydroxylation sites is 1. The minimum atomic E-state index is -0.319. The van der Waals surface area contributed by atoms with Crippen molar-refractivity contribution in [3.05, 3.63) is 29.8 Å². The molecule has 148 valence electrons. The molecule has 0 radical (unpaired) electrons. The van der Waals surface area contributed by atoms with Gasteiger partial charge in [0.2, 0.25) is 0 Å². The summed E-state index contributed by atoms with van der Waals surface area (Å²) in [4.78, 5) is 4.83. The summed E-state index contributed by atoms with van der Waals surface area (Å²) in [5, 5.41) is 31.6.